The molecule has 1 aromatic carbocycles. The van der Waals surface area contributed by atoms with E-state index in [2.05, 4.69) is 47.1 Å². The zero-order chi connectivity index (χ0) is 14.9. The molecule has 20 heavy (non-hydrogen) atoms. The Balaban J connectivity index is 2.53. The summed E-state index contributed by atoms with van der Waals surface area (Å²) >= 11 is 0. The molecule has 0 amide bonds. The third-order valence-electron chi connectivity index (χ3n) is 3.68. The number of hydrogen-bond donors (Lipinski definition) is 1. The zero-order valence-corrected chi connectivity index (χ0v) is 12.9. The number of nitrogens with two attached hydrogens (primary N) is 1. The number of aryl methyl sites for hydroxylation is 3. The van der Waals surface area contributed by atoms with Crippen molar-refractivity contribution in [2.45, 2.75) is 34.2 Å². The van der Waals surface area contributed by atoms with Crippen molar-refractivity contribution in [1.29, 1.82) is 0 Å². The van der Waals surface area contributed by atoms with Crippen LogP contribution >= 0.6 is 0 Å². The second-order valence-electron chi connectivity index (χ2n) is 5.32. The number of hydrogen-bond acceptors (Lipinski definition) is 4. The summed E-state index contributed by atoms with van der Waals surface area (Å²) in [5.74, 6) is 0.834. The van der Waals surface area contributed by atoms with Gasteiger partial charge < -0.3 is 10.6 Å². The Labute approximate surface area is 120 Å². The van der Waals surface area contributed by atoms with Crippen LogP contribution in [-0.4, -0.2) is 17.2 Å². The SMILES string of the molecule is Cc1cc(C)cc(N(C)c2nnc(C)c(C)c2CN)c1. The maximum atomic E-state index is 5.90. The lowest BCUT2D eigenvalue weighted by molar-refractivity contribution is 0.888. The first-order valence-electron chi connectivity index (χ1n) is 6.79. The second kappa shape index (κ2) is 5.59. The minimum Gasteiger partial charge on any atom is -0.328 e. The van der Waals surface area contributed by atoms with E-state index in [4.69, 9.17) is 5.73 Å². The maximum absolute atomic E-state index is 5.90. The monoisotopic (exact) mass is 270 g/mol. The molecule has 0 spiro atoms. The zero-order valence-electron chi connectivity index (χ0n) is 12.9. The van der Waals surface area contributed by atoms with Gasteiger partial charge in [-0.25, -0.2) is 0 Å². The third kappa shape index (κ3) is 2.65. The predicted molar refractivity (Wildman–Crippen MR) is 83.4 cm³/mol. The van der Waals surface area contributed by atoms with Crippen LogP contribution in [0.2, 0.25) is 0 Å². The lowest BCUT2D eigenvalue weighted by Crippen LogP contribution is -2.18. The fourth-order valence-electron chi connectivity index (χ4n) is 2.42. The van der Waals surface area contributed by atoms with Crippen molar-refractivity contribution >= 4 is 11.5 Å². The molecule has 0 bridgehead atoms. The Morgan fingerprint density at radius 1 is 1.00 bits per heavy atom. The molecule has 0 aliphatic carbocycles. The number of anilines is 2. The van der Waals surface area contributed by atoms with Crippen molar-refractivity contribution in [1.82, 2.24) is 10.2 Å². The molecule has 1 aromatic heterocycles. The van der Waals surface area contributed by atoms with Gasteiger partial charge in [0.2, 0.25) is 0 Å². The molecule has 4 nitrogen and oxygen atoms in total. The molecular formula is C16H22N4. The summed E-state index contributed by atoms with van der Waals surface area (Å²) in [7, 11) is 2.01. The lowest BCUT2D eigenvalue weighted by atomic mass is 10.1. The number of benzene rings is 1. The van der Waals surface area contributed by atoms with Crippen LogP contribution in [0.4, 0.5) is 11.5 Å². The third-order valence-corrected chi connectivity index (χ3v) is 3.68. The van der Waals surface area contributed by atoms with E-state index in [1.807, 2.05) is 20.9 Å². The molecule has 106 valence electrons. The van der Waals surface area contributed by atoms with Crippen molar-refractivity contribution in [3.05, 3.63) is 46.1 Å². The highest BCUT2D eigenvalue weighted by molar-refractivity contribution is 5.64. The van der Waals surface area contributed by atoms with Crippen LogP contribution in [0, 0.1) is 27.7 Å². The van der Waals surface area contributed by atoms with Crippen molar-refractivity contribution < 1.29 is 0 Å². The summed E-state index contributed by atoms with van der Waals surface area (Å²) in [5.41, 5.74) is 12.6. The lowest BCUT2D eigenvalue weighted by Gasteiger charge is -2.22. The molecule has 0 aliphatic rings. The van der Waals surface area contributed by atoms with Crippen LogP contribution in [0.1, 0.15) is 27.9 Å². The molecule has 2 aromatic rings. The van der Waals surface area contributed by atoms with Gasteiger partial charge in [-0.15, -0.1) is 5.10 Å². The summed E-state index contributed by atoms with van der Waals surface area (Å²) < 4.78 is 0. The van der Waals surface area contributed by atoms with Crippen LogP contribution in [-0.2, 0) is 6.54 Å². The Kier molecular flexibility index (Phi) is 4.04. The number of aromatic nitrogens is 2. The number of nitrogens with zero attached hydrogens (tertiary/aromatic N) is 3. The van der Waals surface area contributed by atoms with Crippen molar-refractivity contribution in [2.24, 2.45) is 5.73 Å². The molecule has 4 heteroatoms. The highest BCUT2D eigenvalue weighted by Crippen LogP contribution is 2.28. The van der Waals surface area contributed by atoms with E-state index in [1.165, 1.54) is 11.1 Å². The summed E-state index contributed by atoms with van der Waals surface area (Å²) in [6, 6.07) is 6.45. The molecule has 0 aliphatic heterocycles. The summed E-state index contributed by atoms with van der Waals surface area (Å²) in [5, 5.41) is 8.57. The van der Waals surface area contributed by atoms with Crippen molar-refractivity contribution in [3.8, 4) is 0 Å². The van der Waals surface area contributed by atoms with Gasteiger partial charge in [0.1, 0.15) is 0 Å². The highest BCUT2D eigenvalue weighted by Gasteiger charge is 2.15. The maximum Gasteiger partial charge on any atom is 0.160 e. The summed E-state index contributed by atoms with van der Waals surface area (Å²) in [6.45, 7) is 8.67. The molecule has 0 atom stereocenters. The van der Waals surface area contributed by atoms with Crippen LogP contribution in [0.25, 0.3) is 0 Å². The summed E-state index contributed by atoms with van der Waals surface area (Å²) in [4.78, 5) is 2.06. The topological polar surface area (TPSA) is 55.0 Å². The Morgan fingerprint density at radius 3 is 2.15 bits per heavy atom. The minimum atomic E-state index is 0.465. The van der Waals surface area contributed by atoms with E-state index < -0.39 is 0 Å². The molecule has 0 radical (unpaired) electrons. The first kappa shape index (κ1) is 14.5. The van der Waals surface area contributed by atoms with E-state index in [1.54, 1.807) is 0 Å². The van der Waals surface area contributed by atoms with Crippen LogP contribution in [0.15, 0.2) is 18.2 Å². The van der Waals surface area contributed by atoms with Gasteiger partial charge in [-0.2, -0.15) is 5.10 Å². The average Bonchev–Trinajstić information content (AvgIpc) is 2.39. The van der Waals surface area contributed by atoms with Crippen LogP contribution in [0.3, 0.4) is 0 Å². The van der Waals surface area contributed by atoms with Crippen molar-refractivity contribution in [2.75, 3.05) is 11.9 Å². The van der Waals surface area contributed by atoms with Gasteiger partial charge in [-0.1, -0.05) is 6.07 Å². The predicted octanol–water partition coefficient (Wildman–Crippen LogP) is 2.94. The Morgan fingerprint density at radius 2 is 1.60 bits per heavy atom. The molecule has 2 N–H and O–H groups in total. The molecular weight excluding hydrogens is 248 g/mol. The Hall–Kier alpha value is -1.94. The fraction of sp³-hybridized carbons (Fsp3) is 0.375. The van der Waals surface area contributed by atoms with Crippen LogP contribution < -0.4 is 10.6 Å². The average molecular weight is 270 g/mol. The van der Waals surface area contributed by atoms with E-state index in [-0.39, 0.29) is 0 Å². The van der Waals surface area contributed by atoms with Crippen LogP contribution in [0.5, 0.6) is 0 Å². The molecule has 0 unspecified atom stereocenters. The van der Waals surface area contributed by atoms with Crippen molar-refractivity contribution in [3.63, 3.8) is 0 Å². The van der Waals surface area contributed by atoms with Gasteiger partial charge >= 0.3 is 0 Å². The van der Waals surface area contributed by atoms with Gasteiger partial charge in [0.25, 0.3) is 0 Å². The number of rotatable bonds is 3. The van der Waals surface area contributed by atoms with E-state index in [9.17, 15) is 0 Å². The molecule has 0 saturated carbocycles. The second-order valence-corrected chi connectivity index (χ2v) is 5.32. The fourth-order valence-corrected chi connectivity index (χ4v) is 2.42. The quantitative estimate of drug-likeness (QED) is 0.931. The molecule has 2 rings (SSSR count). The molecule has 1 heterocycles. The Bertz CT molecular complexity index is 614. The smallest absolute Gasteiger partial charge is 0.160 e. The first-order valence-corrected chi connectivity index (χ1v) is 6.79. The standard InChI is InChI=1S/C16H22N4/c1-10-6-11(2)8-14(7-10)20(5)16-15(9-17)12(3)13(4)18-19-16/h6-8H,9,17H2,1-5H3. The largest absolute Gasteiger partial charge is 0.328 e. The molecule has 0 saturated heterocycles. The van der Waals surface area contributed by atoms with E-state index in [0.29, 0.717) is 6.54 Å². The first-order chi connectivity index (χ1) is 9.43. The van der Waals surface area contributed by atoms with E-state index >= 15 is 0 Å². The minimum absolute atomic E-state index is 0.465. The van der Waals surface area contributed by atoms with Gasteiger partial charge in [-0.05, 0) is 56.5 Å². The van der Waals surface area contributed by atoms with Gasteiger partial charge in [0.05, 0.1) is 5.69 Å². The van der Waals surface area contributed by atoms with Gasteiger partial charge in [0.15, 0.2) is 5.82 Å². The normalized spacial score (nSPS) is 10.7. The van der Waals surface area contributed by atoms with Gasteiger partial charge in [0, 0.05) is 24.8 Å². The summed E-state index contributed by atoms with van der Waals surface area (Å²) in [6.07, 6.45) is 0. The van der Waals surface area contributed by atoms with Gasteiger partial charge in [-0.3, -0.25) is 0 Å². The highest BCUT2D eigenvalue weighted by atomic mass is 15.3. The van der Waals surface area contributed by atoms with E-state index in [0.717, 1.165) is 28.3 Å². The molecule has 0 fully saturated rings.